The van der Waals surface area contributed by atoms with E-state index in [9.17, 15) is 9.59 Å². The molecule has 0 radical (unpaired) electrons. The van der Waals surface area contributed by atoms with Crippen molar-refractivity contribution in [2.75, 3.05) is 13.7 Å². The second kappa shape index (κ2) is 21.4. The Morgan fingerprint density at radius 3 is 1.81 bits per heavy atom. The smallest absolute Gasteiger partial charge is 0.338 e. The van der Waals surface area contributed by atoms with Gasteiger partial charge >= 0.3 is 11.9 Å². The van der Waals surface area contributed by atoms with E-state index in [0.717, 1.165) is 24.0 Å². The van der Waals surface area contributed by atoms with Gasteiger partial charge < -0.3 is 9.47 Å². The third-order valence-electron chi connectivity index (χ3n) is 4.29. The summed E-state index contributed by atoms with van der Waals surface area (Å²) >= 11 is 0. The molecule has 190 valence electrons. The second-order valence-electron chi connectivity index (χ2n) is 7.37. The minimum absolute atomic E-state index is 0.293. The number of allylic oxidation sites excluding steroid dienone is 4. The highest BCUT2D eigenvalue weighted by molar-refractivity contribution is 5.93. The quantitative estimate of drug-likeness (QED) is 0.149. The zero-order valence-corrected chi connectivity index (χ0v) is 21.7. The third kappa shape index (κ3) is 16.4. The maximum Gasteiger partial charge on any atom is 0.338 e. The SMILES string of the molecule is C=C(C)C(=O)OC.C=CC=C.CCCCOC(=O)C(C=Cc1ccccc1)=CC=Cc1ccccc1. The molecule has 0 N–H and O–H groups in total. The Balaban J connectivity index is 0.000000932. The summed E-state index contributed by atoms with van der Waals surface area (Å²) in [6, 6.07) is 19.9. The molecule has 0 bridgehead atoms. The highest BCUT2D eigenvalue weighted by atomic mass is 16.5. The lowest BCUT2D eigenvalue weighted by Crippen LogP contribution is -2.07. The van der Waals surface area contributed by atoms with Gasteiger partial charge in [0, 0.05) is 5.57 Å². The number of carbonyl (C=O) groups is 2. The third-order valence-corrected chi connectivity index (χ3v) is 4.29. The fraction of sp³-hybridized carbons (Fsp3) is 0.188. The Labute approximate surface area is 216 Å². The molecule has 4 heteroatoms. The number of carbonyl (C=O) groups excluding carboxylic acids is 2. The molecule has 36 heavy (non-hydrogen) atoms. The van der Waals surface area contributed by atoms with Crippen molar-refractivity contribution < 1.29 is 19.1 Å². The number of hydrogen-bond acceptors (Lipinski definition) is 4. The summed E-state index contributed by atoms with van der Waals surface area (Å²) in [6.07, 6.45) is 14.5. The van der Waals surface area contributed by atoms with E-state index in [1.54, 1.807) is 31.2 Å². The van der Waals surface area contributed by atoms with E-state index < -0.39 is 0 Å². The Kier molecular flexibility index (Phi) is 18.9. The maximum absolute atomic E-state index is 12.3. The number of rotatable bonds is 10. The number of benzene rings is 2. The van der Waals surface area contributed by atoms with Crippen LogP contribution in [0.4, 0.5) is 0 Å². The number of methoxy groups -OCH3 is 1. The summed E-state index contributed by atoms with van der Waals surface area (Å²) in [5.41, 5.74) is 3.10. The van der Waals surface area contributed by atoms with E-state index in [2.05, 4.69) is 31.4 Å². The van der Waals surface area contributed by atoms with Crippen LogP contribution in [-0.2, 0) is 19.1 Å². The van der Waals surface area contributed by atoms with Crippen molar-refractivity contribution in [1.29, 1.82) is 0 Å². The molecule has 0 spiro atoms. The topological polar surface area (TPSA) is 52.6 Å². The average molecular weight is 487 g/mol. The molecular formula is C32H38O4. The summed E-state index contributed by atoms with van der Waals surface area (Å²) < 4.78 is 9.62. The normalized spacial score (nSPS) is 10.4. The summed E-state index contributed by atoms with van der Waals surface area (Å²) in [6.45, 7) is 14.2. The van der Waals surface area contributed by atoms with Gasteiger partial charge in [0.1, 0.15) is 0 Å². The van der Waals surface area contributed by atoms with Crippen LogP contribution >= 0.6 is 0 Å². The van der Waals surface area contributed by atoms with Gasteiger partial charge in [-0.3, -0.25) is 0 Å². The standard InChI is InChI=1S/C23H24O2.C5H8O2.C4H6/c1-2-3-19-25-23(24)22(18-17-21-13-8-5-9-14-21)16-10-15-20-11-6-4-7-12-20;1-4(2)5(6)7-3;1-3-4-2/h4-18H,2-3,19H2,1H3;1H2,2-3H3;3-4H,1-2H2. The van der Waals surface area contributed by atoms with Gasteiger partial charge in [0.05, 0.1) is 19.3 Å². The molecule has 0 atom stereocenters. The average Bonchev–Trinajstić information content (AvgIpc) is 2.91. The van der Waals surface area contributed by atoms with E-state index in [-0.39, 0.29) is 11.9 Å². The van der Waals surface area contributed by atoms with E-state index in [4.69, 9.17) is 4.74 Å². The van der Waals surface area contributed by atoms with E-state index in [1.807, 2.05) is 78.9 Å². The first-order valence-electron chi connectivity index (χ1n) is 11.7. The van der Waals surface area contributed by atoms with Crippen LogP contribution in [0.3, 0.4) is 0 Å². The van der Waals surface area contributed by atoms with Crippen molar-refractivity contribution in [3.05, 3.63) is 133 Å². The lowest BCUT2D eigenvalue weighted by Gasteiger charge is -2.04. The monoisotopic (exact) mass is 486 g/mol. The van der Waals surface area contributed by atoms with Crippen LogP contribution in [0.5, 0.6) is 0 Å². The van der Waals surface area contributed by atoms with Crippen LogP contribution in [-0.4, -0.2) is 25.7 Å². The van der Waals surface area contributed by atoms with Gasteiger partial charge in [-0.15, -0.1) is 0 Å². The molecule has 2 aromatic carbocycles. The Bertz CT molecular complexity index is 1010. The molecule has 2 rings (SSSR count). The number of ether oxygens (including phenoxy) is 2. The number of esters is 2. The summed E-state index contributed by atoms with van der Waals surface area (Å²) in [5, 5.41) is 0. The lowest BCUT2D eigenvalue weighted by molar-refractivity contribution is -0.139. The predicted molar refractivity (Wildman–Crippen MR) is 152 cm³/mol. The van der Waals surface area contributed by atoms with E-state index in [0.29, 0.717) is 17.8 Å². The molecule has 0 aliphatic rings. The molecule has 0 aliphatic heterocycles. The Morgan fingerprint density at radius 2 is 1.39 bits per heavy atom. The van der Waals surface area contributed by atoms with Crippen LogP contribution in [0.15, 0.2) is 122 Å². The summed E-state index contributed by atoms with van der Waals surface area (Å²) in [5.74, 6) is -0.640. The molecule has 0 unspecified atom stereocenters. The number of hydrogen-bond donors (Lipinski definition) is 0. The van der Waals surface area contributed by atoms with Gasteiger partial charge in [-0.2, -0.15) is 0 Å². The van der Waals surface area contributed by atoms with Crippen molar-refractivity contribution in [3.63, 3.8) is 0 Å². The van der Waals surface area contributed by atoms with Gasteiger partial charge in [0.2, 0.25) is 0 Å². The fourth-order valence-corrected chi connectivity index (χ4v) is 2.34. The van der Waals surface area contributed by atoms with Gasteiger partial charge in [0.15, 0.2) is 0 Å². The zero-order chi connectivity index (χ0) is 27.0. The molecular weight excluding hydrogens is 448 g/mol. The molecule has 0 fully saturated rings. The van der Waals surface area contributed by atoms with E-state index >= 15 is 0 Å². The Hall–Kier alpha value is -4.18. The summed E-state index contributed by atoms with van der Waals surface area (Å²) in [4.78, 5) is 22.5. The van der Waals surface area contributed by atoms with E-state index in [1.165, 1.54) is 7.11 Å². The van der Waals surface area contributed by atoms with Gasteiger partial charge in [-0.1, -0.05) is 124 Å². The van der Waals surface area contributed by atoms with Crippen LogP contribution in [0, 0.1) is 0 Å². The predicted octanol–water partition coefficient (Wildman–Crippen LogP) is 7.78. The van der Waals surface area contributed by atoms with Gasteiger partial charge in [-0.25, -0.2) is 9.59 Å². The van der Waals surface area contributed by atoms with Crippen LogP contribution in [0.2, 0.25) is 0 Å². The fourth-order valence-electron chi connectivity index (χ4n) is 2.34. The van der Waals surface area contributed by atoms with Crippen molar-refractivity contribution >= 4 is 24.1 Å². The first-order chi connectivity index (χ1) is 17.4. The molecule has 0 saturated heterocycles. The zero-order valence-electron chi connectivity index (χ0n) is 21.7. The minimum atomic E-state index is -0.347. The van der Waals surface area contributed by atoms with Gasteiger partial charge in [0.25, 0.3) is 0 Å². The van der Waals surface area contributed by atoms with Crippen LogP contribution in [0.1, 0.15) is 37.8 Å². The van der Waals surface area contributed by atoms with Crippen molar-refractivity contribution in [2.45, 2.75) is 26.7 Å². The highest BCUT2D eigenvalue weighted by Gasteiger charge is 2.06. The first-order valence-corrected chi connectivity index (χ1v) is 11.7. The second-order valence-corrected chi connectivity index (χ2v) is 7.37. The van der Waals surface area contributed by atoms with Crippen molar-refractivity contribution in [1.82, 2.24) is 0 Å². The van der Waals surface area contributed by atoms with Crippen molar-refractivity contribution in [2.24, 2.45) is 0 Å². The first kappa shape index (κ1) is 31.8. The number of unbranched alkanes of at least 4 members (excludes halogenated alkanes) is 1. The summed E-state index contributed by atoms with van der Waals surface area (Å²) in [7, 11) is 1.33. The van der Waals surface area contributed by atoms with Crippen molar-refractivity contribution in [3.8, 4) is 0 Å². The molecule has 4 nitrogen and oxygen atoms in total. The highest BCUT2D eigenvalue weighted by Crippen LogP contribution is 2.09. The molecule has 0 aromatic heterocycles. The molecule has 0 heterocycles. The largest absolute Gasteiger partial charge is 0.466 e. The molecule has 0 saturated carbocycles. The van der Waals surface area contributed by atoms with Crippen LogP contribution < -0.4 is 0 Å². The minimum Gasteiger partial charge on any atom is -0.466 e. The molecule has 0 amide bonds. The molecule has 0 aliphatic carbocycles. The lowest BCUT2D eigenvalue weighted by atomic mass is 10.1. The maximum atomic E-state index is 12.3. The van der Waals surface area contributed by atoms with Crippen LogP contribution in [0.25, 0.3) is 12.2 Å². The Morgan fingerprint density at radius 1 is 0.861 bits per heavy atom. The molecule has 2 aromatic rings. The van der Waals surface area contributed by atoms with Gasteiger partial charge in [-0.05, 0) is 36.6 Å².